The Balaban J connectivity index is 3.00. The van der Waals surface area contributed by atoms with E-state index in [0.29, 0.717) is 6.61 Å². The van der Waals surface area contributed by atoms with E-state index in [1.807, 2.05) is 27.7 Å². The molecule has 0 fully saturated rings. The van der Waals surface area contributed by atoms with Crippen LogP contribution < -0.4 is 0 Å². The summed E-state index contributed by atoms with van der Waals surface area (Å²) < 4.78 is 5.35. The van der Waals surface area contributed by atoms with Crippen LogP contribution >= 0.6 is 0 Å². The standard InChI is InChI=1S/C9H14O2/c1-6-5-11-9(3,4)8(10)7(6)2/h5H2,1-4H3. The van der Waals surface area contributed by atoms with Crippen LogP contribution in [0.4, 0.5) is 0 Å². The van der Waals surface area contributed by atoms with Gasteiger partial charge in [0.15, 0.2) is 5.78 Å². The van der Waals surface area contributed by atoms with Crippen LogP contribution in [-0.4, -0.2) is 18.0 Å². The first-order valence-electron chi connectivity index (χ1n) is 3.80. The summed E-state index contributed by atoms with van der Waals surface area (Å²) in [5.41, 5.74) is 1.31. The van der Waals surface area contributed by atoms with Crippen LogP contribution in [0.1, 0.15) is 27.7 Å². The molecular formula is C9H14O2. The summed E-state index contributed by atoms with van der Waals surface area (Å²) in [4.78, 5) is 11.5. The van der Waals surface area contributed by atoms with Gasteiger partial charge in [-0.2, -0.15) is 0 Å². The molecule has 0 aliphatic carbocycles. The third-order valence-corrected chi connectivity index (χ3v) is 2.18. The Kier molecular flexibility index (Phi) is 1.89. The zero-order valence-electron chi connectivity index (χ0n) is 7.52. The predicted octanol–water partition coefficient (Wildman–Crippen LogP) is 1.70. The van der Waals surface area contributed by atoms with Gasteiger partial charge in [-0.1, -0.05) is 0 Å². The van der Waals surface area contributed by atoms with Crippen molar-refractivity contribution >= 4 is 5.78 Å². The number of hydrogen-bond acceptors (Lipinski definition) is 2. The molecule has 0 radical (unpaired) electrons. The lowest BCUT2D eigenvalue weighted by Gasteiger charge is -2.29. The van der Waals surface area contributed by atoms with E-state index in [9.17, 15) is 4.79 Å². The van der Waals surface area contributed by atoms with Crippen molar-refractivity contribution in [3.05, 3.63) is 11.1 Å². The zero-order chi connectivity index (χ0) is 8.65. The monoisotopic (exact) mass is 154 g/mol. The zero-order valence-corrected chi connectivity index (χ0v) is 7.52. The Morgan fingerprint density at radius 3 is 2.36 bits per heavy atom. The van der Waals surface area contributed by atoms with Gasteiger partial charge in [0.1, 0.15) is 5.60 Å². The third kappa shape index (κ3) is 1.36. The fraction of sp³-hybridized carbons (Fsp3) is 0.667. The van der Waals surface area contributed by atoms with Crippen LogP contribution in [-0.2, 0) is 9.53 Å². The van der Waals surface area contributed by atoms with Crippen LogP contribution in [0.3, 0.4) is 0 Å². The Morgan fingerprint density at radius 1 is 1.36 bits per heavy atom. The summed E-state index contributed by atoms with van der Waals surface area (Å²) in [5.74, 6) is 0.112. The molecule has 1 aliphatic rings. The molecule has 0 N–H and O–H groups in total. The third-order valence-electron chi connectivity index (χ3n) is 2.18. The number of rotatable bonds is 0. The fourth-order valence-electron chi connectivity index (χ4n) is 1.11. The van der Waals surface area contributed by atoms with Gasteiger partial charge >= 0.3 is 0 Å². The molecular weight excluding hydrogens is 140 g/mol. The summed E-state index contributed by atoms with van der Waals surface area (Å²) in [7, 11) is 0. The molecule has 62 valence electrons. The summed E-state index contributed by atoms with van der Waals surface area (Å²) in [6.45, 7) is 8.01. The van der Waals surface area contributed by atoms with Crippen LogP contribution in [0.25, 0.3) is 0 Å². The molecule has 2 nitrogen and oxygen atoms in total. The van der Waals surface area contributed by atoms with Crippen molar-refractivity contribution in [3.63, 3.8) is 0 Å². The smallest absolute Gasteiger partial charge is 0.189 e. The molecule has 0 aromatic rings. The Labute approximate surface area is 67.2 Å². The van der Waals surface area contributed by atoms with Gasteiger partial charge in [0.25, 0.3) is 0 Å². The van der Waals surface area contributed by atoms with Crippen molar-refractivity contribution in [3.8, 4) is 0 Å². The number of carbonyl (C=O) groups excluding carboxylic acids is 1. The molecule has 1 aliphatic heterocycles. The highest BCUT2D eigenvalue weighted by Gasteiger charge is 2.33. The van der Waals surface area contributed by atoms with E-state index in [4.69, 9.17) is 4.74 Å². The first kappa shape index (κ1) is 8.47. The van der Waals surface area contributed by atoms with Crippen LogP contribution in [0.2, 0.25) is 0 Å². The molecule has 0 bridgehead atoms. The Morgan fingerprint density at radius 2 is 1.91 bits per heavy atom. The van der Waals surface area contributed by atoms with Gasteiger partial charge in [-0.05, 0) is 38.8 Å². The molecule has 0 aromatic heterocycles. The molecule has 11 heavy (non-hydrogen) atoms. The van der Waals surface area contributed by atoms with Crippen LogP contribution in [0.5, 0.6) is 0 Å². The summed E-state index contributed by atoms with van der Waals surface area (Å²) in [6, 6.07) is 0. The summed E-state index contributed by atoms with van der Waals surface area (Å²) in [5, 5.41) is 0. The van der Waals surface area contributed by atoms with Gasteiger partial charge in [-0.25, -0.2) is 0 Å². The minimum Gasteiger partial charge on any atom is -0.363 e. The quantitative estimate of drug-likeness (QED) is 0.531. The van der Waals surface area contributed by atoms with Gasteiger partial charge in [-0.15, -0.1) is 0 Å². The molecule has 1 rings (SSSR count). The van der Waals surface area contributed by atoms with E-state index >= 15 is 0 Å². The number of ether oxygens (including phenoxy) is 1. The largest absolute Gasteiger partial charge is 0.363 e. The normalized spacial score (nSPS) is 24.2. The number of Topliss-reactive ketones (excluding diaryl/α,β-unsaturated/α-hetero) is 1. The van der Waals surface area contributed by atoms with Crippen molar-refractivity contribution < 1.29 is 9.53 Å². The topological polar surface area (TPSA) is 26.3 Å². The number of carbonyl (C=O) groups is 1. The minimum absolute atomic E-state index is 0.112. The molecule has 0 amide bonds. The van der Waals surface area contributed by atoms with Gasteiger partial charge < -0.3 is 4.74 Å². The second-order valence-corrected chi connectivity index (χ2v) is 3.53. The second-order valence-electron chi connectivity index (χ2n) is 3.53. The van der Waals surface area contributed by atoms with Gasteiger partial charge in [0, 0.05) is 0 Å². The van der Waals surface area contributed by atoms with Crippen molar-refractivity contribution in [1.29, 1.82) is 0 Å². The fourth-order valence-corrected chi connectivity index (χ4v) is 1.11. The lowest BCUT2D eigenvalue weighted by Crippen LogP contribution is -2.40. The maximum atomic E-state index is 11.5. The van der Waals surface area contributed by atoms with Crippen molar-refractivity contribution in [2.45, 2.75) is 33.3 Å². The molecule has 0 unspecified atom stereocenters. The lowest BCUT2D eigenvalue weighted by molar-refractivity contribution is -0.137. The molecule has 1 heterocycles. The van der Waals surface area contributed by atoms with E-state index in [1.54, 1.807) is 0 Å². The highest BCUT2D eigenvalue weighted by atomic mass is 16.5. The maximum Gasteiger partial charge on any atom is 0.189 e. The van der Waals surface area contributed by atoms with E-state index in [0.717, 1.165) is 11.1 Å². The molecule has 0 saturated carbocycles. The van der Waals surface area contributed by atoms with Crippen LogP contribution in [0.15, 0.2) is 11.1 Å². The van der Waals surface area contributed by atoms with Crippen LogP contribution in [0, 0.1) is 0 Å². The van der Waals surface area contributed by atoms with Crippen molar-refractivity contribution in [2.75, 3.05) is 6.61 Å². The van der Waals surface area contributed by atoms with E-state index < -0.39 is 5.60 Å². The van der Waals surface area contributed by atoms with E-state index in [-0.39, 0.29) is 5.78 Å². The van der Waals surface area contributed by atoms with Crippen molar-refractivity contribution in [1.82, 2.24) is 0 Å². The number of ketones is 1. The molecule has 2 heteroatoms. The molecule has 0 aromatic carbocycles. The van der Waals surface area contributed by atoms with Crippen molar-refractivity contribution in [2.24, 2.45) is 0 Å². The highest BCUT2D eigenvalue weighted by molar-refractivity contribution is 6.02. The number of hydrogen-bond donors (Lipinski definition) is 0. The second kappa shape index (κ2) is 2.45. The maximum absolute atomic E-state index is 11.5. The average molecular weight is 154 g/mol. The van der Waals surface area contributed by atoms with E-state index in [2.05, 4.69) is 0 Å². The van der Waals surface area contributed by atoms with Gasteiger partial charge in [0.2, 0.25) is 0 Å². The van der Waals surface area contributed by atoms with Gasteiger partial charge in [0.05, 0.1) is 6.61 Å². The molecule has 0 atom stereocenters. The molecule has 0 saturated heterocycles. The Bertz CT molecular complexity index is 224. The average Bonchev–Trinajstić information content (AvgIpc) is 1.95. The van der Waals surface area contributed by atoms with Gasteiger partial charge in [-0.3, -0.25) is 4.79 Å². The first-order valence-corrected chi connectivity index (χ1v) is 3.80. The minimum atomic E-state index is -0.608. The highest BCUT2D eigenvalue weighted by Crippen LogP contribution is 2.24. The predicted molar refractivity (Wildman–Crippen MR) is 43.4 cm³/mol. The lowest BCUT2D eigenvalue weighted by atomic mass is 9.92. The Hall–Kier alpha value is -0.630. The van der Waals surface area contributed by atoms with E-state index in [1.165, 1.54) is 0 Å². The summed E-state index contributed by atoms with van der Waals surface area (Å²) >= 11 is 0. The SMILES string of the molecule is CC1=C(C)C(=O)C(C)(C)OC1. The molecule has 0 spiro atoms. The first-order chi connectivity index (χ1) is 4.95. The summed E-state index contributed by atoms with van der Waals surface area (Å²) in [6.07, 6.45) is 0.